The number of nitrogens with zero attached hydrogens (tertiary/aromatic N) is 1. The topological polar surface area (TPSA) is 58.3 Å². The summed E-state index contributed by atoms with van der Waals surface area (Å²) in [6, 6.07) is 12.3. The second-order valence-corrected chi connectivity index (χ2v) is 4.50. The molecule has 3 aromatic rings. The molecule has 2 aromatic carbocycles. The lowest BCUT2D eigenvalue weighted by atomic mass is 10.3. The predicted molar refractivity (Wildman–Crippen MR) is 74.5 cm³/mol. The number of anilines is 1. The van der Waals surface area contributed by atoms with Gasteiger partial charge in [-0.25, -0.2) is 4.98 Å². The summed E-state index contributed by atoms with van der Waals surface area (Å²) in [6.45, 7) is 0.454. The summed E-state index contributed by atoms with van der Waals surface area (Å²) in [6.07, 6.45) is 0. The molecule has 0 bridgehead atoms. The average molecular weight is 275 g/mol. The molecule has 5 heteroatoms. The summed E-state index contributed by atoms with van der Waals surface area (Å²) in [4.78, 5) is 4.34. The maximum absolute atomic E-state index is 9.19. The lowest BCUT2D eigenvalue weighted by Crippen LogP contribution is -1.98. The van der Waals surface area contributed by atoms with Gasteiger partial charge in [0.2, 0.25) is 5.89 Å². The maximum atomic E-state index is 9.19. The van der Waals surface area contributed by atoms with Gasteiger partial charge in [-0.1, -0.05) is 17.7 Å². The van der Waals surface area contributed by atoms with Gasteiger partial charge in [-0.2, -0.15) is 0 Å². The van der Waals surface area contributed by atoms with Gasteiger partial charge >= 0.3 is 0 Å². The Kier molecular flexibility index (Phi) is 3.01. The van der Waals surface area contributed by atoms with Crippen molar-refractivity contribution in [3.63, 3.8) is 0 Å². The van der Waals surface area contributed by atoms with Gasteiger partial charge < -0.3 is 14.8 Å². The minimum Gasteiger partial charge on any atom is -0.508 e. The standard InChI is InChI=1S/C14H11ClN2O2/c15-11-2-1-3-12-14(11)19-13(17-12)8-16-9-4-6-10(18)7-5-9/h1-7,16,18H,8H2. The van der Waals surface area contributed by atoms with Crippen molar-refractivity contribution in [1.82, 2.24) is 4.98 Å². The minimum atomic E-state index is 0.235. The molecule has 0 spiro atoms. The highest BCUT2D eigenvalue weighted by Crippen LogP contribution is 2.24. The van der Waals surface area contributed by atoms with Gasteiger partial charge in [-0.05, 0) is 36.4 Å². The van der Waals surface area contributed by atoms with Gasteiger partial charge in [-0.3, -0.25) is 0 Å². The van der Waals surface area contributed by atoms with E-state index in [1.807, 2.05) is 12.1 Å². The first kappa shape index (κ1) is 11.9. The summed E-state index contributed by atoms with van der Waals surface area (Å²) in [5, 5.41) is 12.9. The van der Waals surface area contributed by atoms with Crippen LogP contribution in [0, 0.1) is 0 Å². The van der Waals surface area contributed by atoms with Crippen LogP contribution in [0.4, 0.5) is 5.69 Å². The van der Waals surface area contributed by atoms with Gasteiger partial charge in [0.15, 0.2) is 5.58 Å². The molecular formula is C14H11ClN2O2. The second kappa shape index (κ2) is 4.82. The Morgan fingerprint density at radius 2 is 1.95 bits per heavy atom. The number of halogens is 1. The van der Waals surface area contributed by atoms with Crippen molar-refractivity contribution in [3.8, 4) is 5.75 Å². The van der Waals surface area contributed by atoms with E-state index in [9.17, 15) is 5.11 Å². The summed E-state index contributed by atoms with van der Waals surface area (Å²) in [5.41, 5.74) is 2.23. The van der Waals surface area contributed by atoms with E-state index in [4.69, 9.17) is 16.0 Å². The van der Waals surface area contributed by atoms with Gasteiger partial charge in [-0.15, -0.1) is 0 Å². The summed E-state index contributed by atoms with van der Waals surface area (Å²) >= 11 is 6.02. The lowest BCUT2D eigenvalue weighted by molar-refractivity contribution is 0.475. The van der Waals surface area contributed by atoms with E-state index in [0.717, 1.165) is 11.2 Å². The number of benzene rings is 2. The van der Waals surface area contributed by atoms with Crippen LogP contribution in [0.5, 0.6) is 5.75 Å². The lowest BCUT2D eigenvalue weighted by Gasteiger charge is -2.02. The van der Waals surface area contributed by atoms with Crippen LogP contribution >= 0.6 is 11.6 Å². The van der Waals surface area contributed by atoms with Crippen molar-refractivity contribution in [1.29, 1.82) is 0 Å². The van der Waals surface area contributed by atoms with E-state index in [1.165, 1.54) is 0 Å². The average Bonchev–Trinajstić information content (AvgIpc) is 2.83. The monoisotopic (exact) mass is 274 g/mol. The maximum Gasteiger partial charge on any atom is 0.214 e. The van der Waals surface area contributed by atoms with Crippen LogP contribution in [-0.2, 0) is 6.54 Å². The summed E-state index contributed by atoms with van der Waals surface area (Å²) < 4.78 is 5.59. The van der Waals surface area contributed by atoms with Crippen molar-refractivity contribution in [3.05, 3.63) is 53.4 Å². The first-order valence-corrected chi connectivity index (χ1v) is 6.17. The third kappa shape index (κ3) is 2.48. The predicted octanol–water partition coefficient (Wildman–Crippen LogP) is 3.80. The molecule has 0 atom stereocenters. The molecule has 2 N–H and O–H groups in total. The Balaban J connectivity index is 1.78. The number of phenolic OH excluding ortho intramolecular Hbond substituents is 1. The molecule has 3 rings (SSSR count). The van der Waals surface area contributed by atoms with E-state index in [1.54, 1.807) is 30.3 Å². The molecule has 0 aliphatic heterocycles. The van der Waals surface area contributed by atoms with Crippen LogP contribution in [0.15, 0.2) is 46.9 Å². The summed E-state index contributed by atoms with van der Waals surface area (Å²) in [7, 11) is 0. The van der Waals surface area contributed by atoms with E-state index >= 15 is 0 Å². The zero-order chi connectivity index (χ0) is 13.2. The van der Waals surface area contributed by atoms with E-state index in [0.29, 0.717) is 23.0 Å². The van der Waals surface area contributed by atoms with E-state index < -0.39 is 0 Å². The number of para-hydroxylation sites is 1. The van der Waals surface area contributed by atoms with Crippen molar-refractivity contribution in [2.24, 2.45) is 0 Å². The van der Waals surface area contributed by atoms with Gasteiger partial charge in [0, 0.05) is 5.69 Å². The molecule has 0 aliphatic carbocycles. The number of nitrogens with one attached hydrogen (secondary N) is 1. The molecule has 0 radical (unpaired) electrons. The molecular weight excluding hydrogens is 264 g/mol. The van der Waals surface area contributed by atoms with E-state index in [2.05, 4.69) is 10.3 Å². The fraction of sp³-hybridized carbons (Fsp3) is 0.0714. The van der Waals surface area contributed by atoms with Gasteiger partial charge in [0.1, 0.15) is 11.3 Å². The number of aromatic hydroxyl groups is 1. The van der Waals surface area contributed by atoms with Crippen LogP contribution in [-0.4, -0.2) is 10.1 Å². The zero-order valence-corrected chi connectivity index (χ0v) is 10.7. The SMILES string of the molecule is Oc1ccc(NCc2nc3cccc(Cl)c3o2)cc1. The number of phenols is 1. The molecule has 0 unspecified atom stereocenters. The third-order valence-corrected chi connectivity index (χ3v) is 3.02. The number of rotatable bonds is 3. The largest absolute Gasteiger partial charge is 0.508 e. The highest BCUT2D eigenvalue weighted by Gasteiger charge is 2.08. The normalized spacial score (nSPS) is 10.8. The molecule has 0 saturated heterocycles. The van der Waals surface area contributed by atoms with Crippen LogP contribution < -0.4 is 5.32 Å². The van der Waals surface area contributed by atoms with Crippen LogP contribution in [0.2, 0.25) is 5.02 Å². The Hall–Kier alpha value is -2.20. The Morgan fingerprint density at radius 1 is 1.16 bits per heavy atom. The molecule has 1 heterocycles. The molecule has 1 aromatic heterocycles. The van der Waals surface area contributed by atoms with Crippen molar-refractivity contribution in [2.75, 3.05) is 5.32 Å². The summed E-state index contributed by atoms with van der Waals surface area (Å²) in [5.74, 6) is 0.801. The smallest absolute Gasteiger partial charge is 0.214 e. The quantitative estimate of drug-likeness (QED) is 0.713. The van der Waals surface area contributed by atoms with Crippen molar-refractivity contribution < 1.29 is 9.52 Å². The zero-order valence-electron chi connectivity index (χ0n) is 9.93. The number of fused-ring (bicyclic) bond motifs is 1. The molecule has 96 valence electrons. The first-order valence-electron chi connectivity index (χ1n) is 5.79. The number of oxazole rings is 1. The van der Waals surface area contributed by atoms with Gasteiger partial charge in [0.25, 0.3) is 0 Å². The van der Waals surface area contributed by atoms with Crippen molar-refractivity contribution in [2.45, 2.75) is 6.54 Å². The third-order valence-electron chi connectivity index (χ3n) is 2.72. The molecule has 0 aliphatic rings. The number of aromatic nitrogens is 1. The highest BCUT2D eigenvalue weighted by molar-refractivity contribution is 6.34. The van der Waals surface area contributed by atoms with Crippen LogP contribution in [0.1, 0.15) is 5.89 Å². The van der Waals surface area contributed by atoms with Crippen LogP contribution in [0.3, 0.4) is 0 Å². The Bertz CT molecular complexity index is 707. The minimum absolute atomic E-state index is 0.235. The highest BCUT2D eigenvalue weighted by atomic mass is 35.5. The first-order chi connectivity index (χ1) is 9.22. The Labute approximate surface area is 114 Å². The number of hydrogen-bond acceptors (Lipinski definition) is 4. The molecule has 0 amide bonds. The van der Waals surface area contributed by atoms with Gasteiger partial charge in [0.05, 0.1) is 11.6 Å². The molecule has 19 heavy (non-hydrogen) atoms. The molecule has 4 nitrogen and oxygen atoms in total. The fourth-order valence-electron chi connectivity index (χ4n) is 1.79. The Morgan fingerprint density at radius 3 is 2.68 bits per heavy atom. The fourth-order valence-corrected chi connectivity index (χ4v) is 2.00. The van der Waals surface area contributed by atoms with Crippen molar-refractivity contribution >= 4 is 28.4 Å². The van der Waals surface area contributed by atoms with E-state index in [-0.39, 0.29) is 5.75 Å². The second-order valence-electron chi connectivity index (χ2n) is 4.10. The number of hydrogen-bond donors (Lipinski definition) is 2. The van der Waals surface area contributed by atoms with Crippen LogP contribution in [0.25, 0.3) is 11.1 Å². The molecule has 0 saturated carbocycles. The molecule has 0 fully saturated rings.